The summed E-state index contributed by atoms with van der Waals surface area (Å²) >= 11 is 3.24. The van der Waals surface area contributed by atoms with Crippen LogP contribution in [0.4, 0.5) is 0 Å². The monoisotopic (exact) mass is 206 g/mol. The van der Waals surface area contributed by atoms with E-state index in [4.69, 9.17) is 5.26 Å². The molecule has 64 valence electrons. The van der Waals surface area contributed by atoms with Gasteiger partial charge in [0.15, 0.2) is 4.34 Å². The van der Waals surface area contributed by atoms with Crippen molar-refractivity contribution in [3.05, 3.63) is 23.8 Å². The zero-order chi connectivity index (χ0) is 9.26. The molecule has 0 aliphatic heterocycles. The molecule has 0 saturated heterocycles. The Morgan fingerprint density at radius 2 is 2.38 bits per heavy atom. The zero-order valence-corrected chi connectivity index (χ0v) is 8.58. The van der Waals surface area contributed by atoms with Crippen molar-refractivity contribution in [2.75, 3.05) is 6.26 Å². The summed E-state index contributed by atoms with van der Waals surface area (Å²) < 4.78 is 2.10. The van der Waals surface area contributed by atoms with Gasteiger partial charge in [-0.2, -0.15) is 5.26 Å². The summed E-state index contributed by atoms with van der Waals surface area (Å²) in [5.41, 5.74) is 1.49. The minimum Gasteiger partial charge on any atom is -0.228 e. The van der Waals surface area contributed by atoms with Crippen LogP contribution in [0.1, 0.15) is 5.56 Å². The highest BCUT2D eigenvalue weighted by molar-refractivity contribution is 8.00. The molecule has 2 aromatic rings. The van der Waals surface area contributed by atoms with E-state index < -0.39 is 0 Å². The van der Waals surface area contributed by atoms with Crippen LogP contribution in [0.15, 0.2) is 22.5 Å². The normalized spacial score (nSPS) is 10.2. The maximum atomic E-state index is 8.83. The van der Waals surface area contributed by atoms with Crippen LogP contribution in [0.5, 0.6) is 0 Å². The minimum atomic E-state index is 0.661. The van der Waals surface area contributed by atoms with Crippen LogP contribution >= 0.6 is 23.1 Å². The Labute approximate surface area is 84.2 Å². The second-order valence-corrected chi connectivity index (χ2v) is 4.53. The molecule has 0 bridgehead atoms. The molecule has 0 aliphatic carbocycles. The average Bonchev–Trinajstić information content (AvgIpc) is 2.59. The highest BCUT2D eigenvalue weighted by Gasteiger charge is 2.05. The van der Waals surface area contributed by atoms with Gasteiger partial charge >= 0.3 is 0 Å². The Hall–Kier alpha value is -1.05. The second-order valence-electron chi connectivity index (χ2n) is 2.45. The number of benzene rings is 1. The van der Waals surface area contributed by atoms with Gasteiger partial charge in [0.25, 0.3) is 0 Å². The molecule has 0 N–H and O–H groups in total. The molecular formula is C9H6N2S2. The van der Waals surface area contributed by atoms with Gasteiger partial charge in [0, 0.05) is 0 Å². The molecule has 0 amide bonds. The van der Waals surface area contributed by atoms with Gasteiger partial charge < -0.3 is 0 Å². The van der Waals surface area contributed by atoms with Crippen molar-refractivity contribution < 1.29 is 0 Å². The van der Waals surface area contributed by atoms with Gasteiger partial charge in [-0.15, -0.1) is 11.3 Å². The van der Waals surface area contributed by atoms with Crippen LogP contribution in [0.3, 0.4) is 0 Å². The molecule has 2 nitrogen and oxygen atoms in total. The van der Waals surface area contributed by atoms with E-state index >= 15 is 0 Å². The van der Waals surface area contributed by atoms with E-state index in [0.717, 1.165) is 14.6 Å². The molecule has 0 unspecified atom stereocenters. The molecule has 0 aliphatic rings. The SMILES string of the molecule is CSc1nc2c(C#N)cccc2s1. The molecule has 2 rings (SSSR count). The molecule has 0 fully saturated rings. The fourth-order valence-electron chi connectivity index (χ4n) is 1.11. The predicted molar refractivity (Wildman–Crippen MR) is 56.1 cm³/mol. The minimum absolute atomic E-state index is 0.661. The summed E-state index contributed by atoms with van der Waals surface area (Å²) in [5.74, 6) is 0. The summed E-state index contributed by atoms with van der Waals surface area (Å²) in [6, 6.07) is 7.83. The van der Waals surface area contributed by atoms with Crippen LogP contribution in [0.25, 0.3) is 10.2 Å². The Morgan fingerprint density at radius 3 is 3.08 bits per heavy atom. The van der Waals surface area contributed by atoms with Crippen LogP contribution in [-0.2, 0) is 0 Å². The van der Waals surface area contributed by atoms with E-state index in [1.54, 1.807) is 29.2 Å². The largest absolute Gasteiger partial charge is 0.228 e. The van der Waals surface area contributed by atoms with Gasteiger partial charge in [0.05, 0.1) is 10.3 Å². The summed E-state index contributed by atoms with van der Waals surface area (Å²) in [6.45, 7) is 0. The van der Waals surface area contributed by atoms with E-state index in [2.05, 4.69) is 11.1 Å². The van der Waals surface area contributed by atoms with Crippen molar-refractivity contribution >= 4 is 33.3 Å². The van der Waals surface area contributed by atoms with Gasteiger partial charge in [-0.05, 0) is 18.4 Å². The van der Waals surface area contributed by atoms with E-state index in [0.29, 0.717) is 5.56 Å². The molecule has 0 spiro atoms. The number of nitrogens with zero attached hydrogens (tertiary/aromatic N) is 2. The summed E-state index contributed by atoms with van der Waals surface area (Å²) in [5, 5.41) is 8.83. The third-order valence-electron chi connectivity index (χ3n) is 1.69. The highest BCUT2D eigenvalue weighted by Crippen LogP contribution is 2.29. The Kier molecular flexibility index (Phi) is 2.21. The highest BCUT2D eigenvalue weighted by atomic mass is 32.2. The van der Waals surface area contributed by atoms with Crippen molar-refractivity contribution in [2.24, 2.45) is 0 Å². The number of fused-ring (bicyclic) bond motifs is 1. The van der Waals surface area contributed by atoms with E-state index in [-0.39, 0.29) is 0 Å². The summed E-state index contributed by atoms with van der Waals surface area (Å²) in [6.07, 6.45) is 1.99. The first kappa shape index (κ1) is 8.54. The van der Waals surface area contributed by atoms with Gasteiger partial charge in [0.1, 0.15) is 11.6 Å². The lowest BCUT2D eigenvalue weighted by Gasteiger charge is -1.87. The summed E-state index contributed by atoms with van der Waals surface area (Å²) in [4.78, 5) is 4.36. The lowest BCUT2D eigenvalue weighted by Crippen LogP contribution is -1.76. The number of para-hydroxylation sites is 1. The molecule has 0 saturated carbocycles. The molecule has 4 heteroatoms. The number of thioether (sulfide) groups is 1. The van der Waals surface area contributed by atoms with Crippen molar-refractivity contribution in [1.29, 1.82) is 5.26 Å². The van der Waals surface area contributed by atoms with Crippen LogP contribution < -0.4 is 0 Å². The molecule has 1 aromatic carbocycles. The van der Waals surface area contributed by atoms with Gasteiger partial charge in [-0.25, -0.2) is 4.98 Å². The van der Waals surface area contributed by atoms with Crippen molar-refractivity contribution in [3.63, 3.8) is 0 Å². The number of hydrogen-bond donors (Lipinski definition) is 0. The second kappa shape index (κ2) is 3.36. The molecule has 1 heterocycles. The average molecular weight is 206 g/mol. The third-order valence-corrected chi connectivity index (χ3v) is 3.70. The topological polar surface area (TPSA) is 36.7 Å². The third kappa shape index (κ3) is 1.41. The smallest absolute Gasteiger partial charge is 0.150 e. The maximum absolute atomic E-state index is 8.83. The Balaban J connectivity index is 2.76. The zero-order valence-electron chi connectivity index (χ0n) is 6.94. The molecule has 1 aromatic heterocycles. The molecule has 0 radical (unpaired) electrons. The standard InChI is InChI=1S/C9H6N2S2/c1-12-9-11-8-6(5-10)3-2-4-7(8)13-9/h2-4H,1H3. The van der Waals surface area contributed by atoms with Crippen molar-refractivity contribution in [2.45, 2.75) is 4.34 Å². The fraction of sp³-hybridized carbons (Fsp3) is 0.111. The number of hydrogen-bond acceptors (Lipinski definition) is 4. The van der Waals surface area contributed by atoms with Crippen molar-refractivity contribution in [3.8, 4) is 6.07 Å². The molecule has 0 atom stereocenters. The predicted octanol–water partition coefficient (Wildman–Crippen LogP) is 2.89. The van der Waals surface area contributed by atoms with Crippen LogP contribution in [0, 0.1) is 11.3 Å². The lowest BCUT2D eigenvalue weighted by atomic mass is 10.2. The molecular weight excluding hydrogens is 200 g/mol. The number of nitriles is 1. The van der Waals surface area contributed by atoms with E-state index in [1.165, 1.54) is 0 Å². The first-order chi connectivity index (χ1) is 6.35. The number of aromatic nitrogens is 1. The van der Waals surface area contributed by atoms with E-state index in [9.17, 15) is 0 Å². The Morgan fingerprint density at radius 1 is 1.54 bits per heavy atom. The Bertz CT molecular complexity index is 482. The van der Waals surface area contributed by atoms with Crippen molar-refractivity contribution in [1.82, 2.24) is 4.98 Å². The number of rotatable bonds is 1. The molecule has 13 heavy (non-hydrogen) atoms. The summed E-state index contributed by atoms with van der Waals surface area (Å²) in [7, 11) is 0. The quantitative estimate of drug-likeness (QED) is 0.673. The van der Waals surface area contributed by atoms with Crippen LogP contribution in [0.2, 0.25) is 0 Å². The van der Waals surface area contributed by atoms with Gasteiger partial charge in [-0.1, -0.05) is 17.8 Å². The maximum Gasteiger partial charge on any atom is 0.150 e. The van der Waals surface area contributed by atoms with Gasteiger partial charge in [-0.3, -0.25) is 0 Å². The van der Waals surface area contributed by atoms with E-state index in [1.807, 2.05) is 18.4 Å². The first-order valence-corrected chi connectivity index (χ1v) is 5.73. The first-order valence-electron chi connectivity index (χ1n) is 3.69. The fourth-order valence-corrected chi connectivity index (χ4v) is 2.61. The van der Waals surface area contributed by atoms with Gasteiger partial charge in [0.2, 0.25) is 0 Å². The lowest BCUT2D eigenvalue weighted by molar-refractivity contribution is 1.30. The van der Waals surface area contributed by atoms with Crippen LogP contribution in [-0.4, -0.2) is 11.2 Å². The number of thiazole rings is 1.